The summed E-state index contributed by atoms with van der Waals surface area (Å²) >= 11 is 2.89. The zero-order chi connectivity index (χ0) is 6.57. The van der Waals surface area contributed by atoms with Gasteiger partial charge in [0.2, 0.25) is 0 Å². The van der Waals surface area contributed by atoms with E-state index < -0.39 is 0 Å². The molecule has 0 fully saturated rings. The molecule has 0 aromatic rings. The minimum atomic E-state index is 0.0278. The second kappa shape index (κ2) is 3.22. The van der Waals surface area contributed by atoms with Gasteiger partial charge >= 0.3 is 0 Å². The molecule has 3 nitrogen and oxygen atoms in total. The molecule has 0 saturated carbocycles. The van der Waals surface area contributed by atoms with Gasteiger partial charge in [-0.25, -0.2) is 0 Å². The topological polar surface area (TPSA) is 73.7 Å². The number of nitriles is 1. The van der Waals surface area contributed by atoms with Gasteiger partial charge in [-0.15, -0.1) is 0 Å². The van der Waals surface area contributed by atoms with E-state index in [1.54, 1.807) is 6.07 Å². The van der Waals surface area contributed by atoms with Crippen LogP contribution in [0, 0.1) is 16.7 Å². The molecule has 0 heterocycles. The summed E-state index contributed by atoms with van der Waals surface area (Å²) in [6, 6.07) is 1.67. The first kappa shape index (κ1) is 7.18. The minimum absolute atomic E-state index is 0.0278. The molecule has 0 radical (unpaired) electrons. The lowest BCUT2D eigenvalue weighted by Gasteiger charge is -1.84. The molecule has 0 saturated heterocycles. The maximum atomic E-state index is 8.07. The van der Waals surface area contributed by atoms with Crippen molar-refractivity contribution in [1.29, 1.82) is 10.7 Å². The quantitative estimate of drug-likeness (QED) is 0.454. The van der Waals surface area contributed by atoms with Crippen molar-refractivity contribution in [1.82, 2.24) is 0 Å². The van der Waals surface area contributed by atoms with Crippen molar-refractivity contribution in [3.8, 4) is 6.07 Å². The molecule has 8 heavy (non-hydrogen) atoms. The van der Waals surface area contributed by atoms with Crippen molar-refractivity contribution in [2.24, 2.45) is 5.73 Å². The average Bonchev–Trinajstić information content (AvgIpc) is 1.84. The van der Waals surface area contributed by atoms with Crippen LogP contribution in [0.5, 0.6) is 0 Å². The van der Waals surface area contributed by atoms with E-state index in [4.69, 9.17) is 16.4 Å². The van der Waals surface area contributed by atoms with Gasteiger partial charge < -0.3 is 11.1 Å². The highest BCUT2D eigenvalue weighted by Crippen LogP contribution is 2.02. The molecule has 4 heteroatoms. The van der Waals surface area contributed by atoms with Crippen LogP contribution in [0.3, 0.4) is 0 Å². The van der Waals surface area contributed by atoms with Crippen molar-refractivity contribution in [3.63, 3.8) is 0 Å². The van der Waals surface area contributed by atoms with Crippen molar-refractivity contribution in [2.45, 2.75) is 0 Å². The third kappa shape index (κ3) is 1.76. The molecule has 0 aliphatic carbocycles. The first-order valence-corrected chi connectivity index (χ1v) is 2.57. The van der Waals surface area contributed by atoms with Crippen LogP contribution in [0.1, 0.15) is 0 Å². The van der Waals surface area contributed by atoms with Gasteiger partial charge in [-0.3, -0.25) is 0 Å². The molecule has 42 valence electrons. The van der Waals surface area contributed by atoms with Crippen molar-refractivity contribution in [2.75, 3.05) is 0 Å². The summed E-state index contributed by atoms with van der Waals surface area (Å²) in [6.07, 6.45) is 0.971. The Kier molecular flexibility index (Phi) is 2.89. The highest BCUT2D eigenvalue weighted by molar-refractivity contribution is 9.12. The predicted molar refractivity (Wildman–Crippen MR) is 34.5 cm³/mol. The van der Waals surface area contributed by atoms with E-state index in [1.807, 2.05) is 0 Å². The van der Waals surface area contributed by atoms with Crippen LogP contribution < -0.4 is 5.73 Å². The summed E-state index contributed by atoms with van der Waals surface area (Å²) in [5.74, 6) is 0. The number of rotatable bonds is 1. The molecule has 0 amide bonds. The molecule has 0 aliphatic heterocycles. The molecule has 0 atom stereocenters. The third-order valence-corrected chi connectivity index (χ3v) is 1.16. The zero-order valence-electron chi connectivity index (χ0n) is 3.98. The Hall–Kier alpha value is -0.820. The van der Waals surface area contributed by atoms with Crippen molar-refractivity contribution < 1.29 is 0 Å². The molecule has 3 N–H and O–H groups in total. The molecular formula is C4H4BrN3. The first-order chi connectivity index (χ1) is 3.72. The SMILES string of the molecule is N#CC(N)=C(Br)C=N. The lowest BCUT2D eigenvalue weighted by molar-refractivity contribution is 1.39. The highest BCUT2D eigenvalue weighted by atomic mass is 79.9. The second-order valence-corrected chi connectivity index (χ2v) is 1.87. The Morgan fingerprint density at radius 3 is 2.50 bits per heavy atom. The van der Waals surface area contributed by atoms with Gasteiger partial charge in [0.15, 0.2) is 0 Å². The van der Waals surface area contributed by atoms with Gasteiger partial charge in [-0.1, -0.05) is 0 Å². The van der Waals surface area contributed by atoms with Crippen molar-refractivity contribution >= 4 is 22.1 Å². The van der Waals surface area contributed by atoms with E-state index in [0.717, 1.165) is 6.21 Å². The number of nitrogens with zero attached hydrogens (tertiary/aromatic N) is 1. The zero-order valence-corrected chi connectivity index (χ0v) is 5.57. The van der Waals surface area contributed by atoms with E-state index in [9.17, 15) is 0 Å². The number of nitrogens with one attached hydrogen (secondary N) is 1. The Morgan fingerprint density at radius 2 is 2.38 bits per heavy atom. The van der Waals surface area contributed by atoms with Gasteiger partial charge in [0.25, 0.3) is 0 Å². The molecule has 0 aromatic carbocycles. The second-order valence-electron chi connectivity index (χ2n) is 1.02. The summed E-state index contributed by atoms with van der Waals surface area (Å²) in [7, 11) is 0. The molecule has 0 aliphatic rings. The van der Waals surface area contributed by atoms with E-state index in [2.05, 4.69) is 15.9 Å². The summed E-state index contributed by atoms with van der Waals surface area (Å²) in [5, 5.41) is 14.7. The van der Waals surface area contributed by atoms with Gasteiger partial charge in [0, 0.05) is 6.21 Å². The molecular weight excluding hydrogens is 170 g/mol. The van der Waals surface area contributed by atoms with E-state index in [-0.39, 0.29) is 5.70 Å². The summed E-state index contributed by atoms with van der Waals surface area (Å²) in [5.41, 5.74) is 5.08. The minimum Gasteiger partial charge on any atom is -0.389 e. The standard InChI is InChI=1S/C4H4BrN3/c5-3(1-6)4(8)2-7/h1,6H,8H2. The smallest absolute Gasteiger partial charge is 0.126 e. The fraction of sp³-hybridized carbons (Fsp3) is 0. The molecule has 0 unspecified atom stereocenters. The number of hydrogen-bond acceptors (Lipinski definition) is 3. The first-order valence-electron chi connectivity index (χ1n) is 1.78. The van der Waals surface area contributed by atoms with E-state index in [0.29, 0.717) is 4.48 Å². The lowest BCUT2D eigenvalue weighted by Crippen LogP contribution is -1.95. The van der Waals surface area contributed by atoms with Crippen LogP contribution in [0.15, 0.2) is 10.2 Å². The normalized spacial score (nSPS) is 11.5. The Labute approximate surface area is 55.4 Å². The number of hydrogen-bond donors (Lipinski definition) is 2. The van der Waals surface area contributed by atoms with Crippen LogP contribution in [0.2, 0.25) is 0 Å². The Balaban J connectivity index is 4.33. The van der Waals surface area contributed by atoms with Gasteiger partial charge in [-0.2, -0.15) is 5.26 Å². The summed E-state index contributed by atoms with van der Waals surface area (Å²) in [4.78, 5) is 0. The maximum Gasteiger partial charge on any atom is 0.126 e. The van der Waals surface area contributed by atoms with Gasteiger partial charge in [0.1, 0.15) is 11.8 Å². The van der Waals surface area contributed by atoms with Crippen LogP contribution in [-0.4, -0.2) is 6.21 Å². The molecule has 0 spiro atoms. The van der Waals surface area contributed by atoms with Crippen LogP contribution in [0.4, 0.5) is 0 Å². The maximum absolute atomic E-state index is 8.07. The largest absolute Gasteiger partial charge is 0.389 e. The fourth-order valence-corrected chi connectivity index (χ4v) is 0.220. The van der Waals surface area contributed by atoms with Crippen LogP contribution >= 0.6 is 15.9 Å². The van der Waals surface area contributed by atoms with Crippen molar-refractivity contribution in [3.05, 3.63) is 10.2 Å². The number of halogens is 1. The summed E-state index contributed by atoms with van der Waals surface area (Å²) < 4.78 is 0.319. The predicted octanol–water partition coefficient (Wildman–Crippen LogP) is 0.725. The Bertz CT molecular complexity index is 165. The molecule has 0 rings (SSSR count). The monoisotopic (exact) mass is 173 g/mol. The third-order valence-electron chi connectivity index (χ3n) is 0.504. The lowest BCUT2D eigenvalue weighted by atomic mass is 10.5. The Morgan fingerprint density at radius 1 is 1.88 bits per heavy atom. The number of allylic oxidation sites excluding steroid dienone is 2. The van der Waals surface area contributed by atoms with Crippen LogP contribution in [0.25, 0.3) is 0 Å². The van der Waals surface area contributed by atoms with Gasteiger partial charge in [0.05, 0.1) is 4.48 Å². The van der Waals surface area contributed by atoms with E-state index >= 15 is 0 Å². The molecule has 0 aromatic heterocycles. The number of nitrogens with two attached hydrogens (primary N) is 1. The highest BCUT2D eigenvalue weighted by Gasteiger charge is 1.90. The van der Waals surface area contributed by atoms with Gasteiger partial charge in [-0.05, 0) is 15.9 Å². The summed E-state index contributed by atoms with van der Waals surface area (Å²) in [6.45, 7) is 0. The fourth-order valence-electron chi connectivity index (χ4n) is 0.131. The molecule has 0 bridgehead atoms. The van der Waals surface area contributed by atoms with Crippen LogP contribution in [-0.2, 0) is 0 Å². The average molecular weight is 174 g/mol. The van der Waals surface area contributed by atoms with E-state index in [1.165, 1.54) is 0 Å².